The van der Waals surface area contributed by atoms with Crippen molar-refractivity contribution >= 4 is 11.9 Å². The van der Waals surface area contributed by atoms with E-state index in [2.05, 4.69) is 4.90 Å². The minimum atomic E-state index is -0.803. The van der Waals surface area contributed by atoms with Gasteiger partial charge in [0.2, 0.25) is 5.91 Å². The predicted octanol–water partition coefficient (Wildman–Crippen LogP) is 0.651. The average molecular weight is 242 g/mol. The van der Waals surface area contributed by atoms with E-state index in [1.54, 1.807) is 11.9 Å². The molecule has 1 aliphatic rings. The van der Waals surface area contributed by atoms with Crippen LogP contribution in [-0.2, 0) is 9.59 Å². The lowest BCUT2D eigenvalue weighted by atomic mass is 9.97. The van der Waals surface area contributed by atoms with Gasteiger partial charge in [-0.3, -0.25) is 9.59 Å². The predicted molar refractivity (Wildman–Crippen MR) is 64.7 cm³/mol. The maximum atomic E-state index is 12.1. The molecule has 17 heavy (non-hydrogen) atoms. The summed E-state index contributed by atoms with van der Waals surface area (Å²) < 4.78 is 0. The number of piperidine rings is 1. The first-order valence-electron chi connectivity index (χ1n) is 6.16. The van der Waals surface area contributed by atoms with Crippen LogP contribution >= 0.6 is 0 Å². The molecule has 0 bridgehead atoms. The number of carbonyl (C=O) groups is 2. The maximum absolute atomic E-state index is 12.1. The van der Waals surface area contributed by atoms with Crippen molar-refractivity contribution in [2.75, 3.05) is 33.7 Å². The molecule has 1 atom stereocenters. The van der Waals surface area contributed by atoms with E-state index < -0.39 is 5.97 Å². The lowest BCUT2D eigenvalue weighted by Crippen LogP contribution is -2.42. The summed E-state index contributed by atoms with van der Waals surface area (Å²) in [6, 6.07) is 0. The van der Waals surface area contributed by atoms with Crippen molar-refractivity contribution < 1.29 is 14.7 Å². The molecule has 1 amide bonds. The van der Waals surface area contributed by atoms with E-state index >= 15 is 0 Å². The number of hydrogen-bond donors (Lipinski definition) is 1. The summed E-state index contributed by atoms with van der Waals surface area (Å²) in [6.07, 6.45) is 2.67. The summed E-state index contributed by atoms with van der Waals surface area (Å²) in [5, 5.41) is 8.54. The molecule has 5 nitrogen and oxygen atoms in total. The van der Waals surface area contributed by atoms with Crippen molar-refractivity contribution in [2.45, 2.75) is 25.7 Å². The largest absolute Gasteiger partial charge is 0.481 e. The fraction of sp³-hybridized carbons (Fsp3) is 0.833. The normalized spacial score (nSPS) is 21.2. The second kappa shape index (κ2) is 6.59. The van der Waals surface area contributed by atoms with Crippen molar-refractivity contribution in [3.8, 4) is 0 Å². The van der Waals surface area contributed by atoms with Crippen molar-refractivity contribution in [3.05, 3.63) is 0 Å². The lowest BCUT2D eigenvalue weighted by molar-refractivity contribution is -0.139. The topological polar surface area (TPSA) is 60.9 Å². The third-order valence-corrected chi connectivity index (χ3v) is 3.23. The van der Waals surface area contributed by atoms with Gasteiger partial charge in [-0.1, -0.05) is 0 Å². The van der Waals surface area contributed by atoms with Crippen molar-refractivity contribution in [3.63, 3.8) is 0 Å². The van der Waals surface area contributed by atoms with Gasteiger partial charge in [-0.15, -0.1) is 0 Å². The van der Waals surface area contributed by atoms with Gasteiger partial charge in [0.25, 0.3) is 0 Å². The molecule has 1 unspecified atom stereocenters. The van der Waals surface area contributed by atoms with Crippen LogP contribution in [0.1, 0.15) is 25.7 Å². The zero-order chi connectivity index (χ0) is 12.8. The molecule has 0 aromatic heterocycles. The Labute approximate surface area is 102 Å². The highest BCUT2D eigenvalue weighted by molar-refractivity contribution is 5.79. The van der Waals surface area contributed by atoms with Gasteiger partial charge in [-0.2, -0.15) is 0 Å². The summed E-state index contributed by atoms with van der Waals surface area (Å²) in [4.78, 5) is 26.3. The summed E-state index contributed by atoms with van der Waals surface area (Å²) >= 11 is 0. The van der Waals surface area contributed by atoms with E-state index in [4.69, 9.17) is 5.11 Å². The van der Waals surface area contributed by atoms with Gasteiger partial charge in [0.05, 0.1) is 5.92 Å². The Bertz CT molecular complexity index is 281. The van der Waals surface area contributed by atoms with Crippen LogP contribution in [0.25, 0.3) is 0 Å². The molecule has 1 aliphatic heterocycles. The van der Waals surface area contributed by atoms with Crippen molar-refractivity contribution in [2.24, 2.45) is 5.92 Å². The second-order valence-corrected chi connectivity index (χ2v) is 4.86. The number of rotatable bonds is 5. The molecule has 0 saturated carbocycles. The molecule has 1 saturated heterocycles. The van der Waals surface area contributed by atoms with Gasteiger partial charge in [0, 0.05) is 26.6 Å². The smallest absolute Gasteiger partial charge is 0.303 e. The lowest BCUT2D eigenvalue weighted by Gasteiger charge is -2.31. The third kappa shape index (κ3) is 4.73. The second-order valence-electron chi connectivity index (χ2n) is 4.86. The number of nitrogens with zero attached hydrogens (tertiary/aromatic N) is 2. The molecule has 1 rings (SSSR count). The van der Waals surface area contributed by atoms with Gasteiger partial charge in [0.15, 0.2) is 0 Å². The summed E-state index contributed by atoms with van der Waals surface area (Å²) in [7, 11) is 3.79. The highest BCUT2D eigenvalue weighted by Crippen LogP contribution is 2.17. The SMILES string of the molecule is CN1CCCC(C(=O)N(C)CCCC(=O)O)C1. The zero-order valence-corrected chi connectivity index (χ0v) is 10.7. The van der Waals surface area contributed by atoms with E-state index in [1.165, 1.54) is 0 Å². The van der Waals surface area contributed by atoms with Crippen molar-refractivity contribution in [1.29, 1.82) is 0 Å². The average Bonchev–Trinajstić information content (AvgIpc) is 2.27. The monoisotopic (exact) mass is 242 g/mol. The Kier molecular flexibility index (Phi) is 5.41. The third-order valence-electron chi connectivity index (χ3n) is 3.23. The first-order chi connectivity index (χ1) is 8.00. The fourth-order valence-electron chi connectivity index (χ4n) is 2.26. The Morgan fingerprint density at radius 1 is 1.47 bits per heavy atom. The van der Waals surface area contributed by atoms with E-state index in [-0.39, 0.29) is 18.2 Å². The molecule has 0 radical (unpaired) electrons. The molecular formula is C12H22N2O3. The minimum Gasteiger partial charge on any atom is -0.481 e. The molecule has 1 fully saturated rings. The quantitative estimate of drug-likeness (QED) is 0.769. The molecular weight excluding hydrogens is 220 g/mol. The maximum Gasteiger partial charge on any atom is 0.303 e. The number of carbonyl (C=O) groups excluding carboxylic acids is 1. The summed E-state index contributed by atoms with van der Waals surface area (Å²) in [5.41, 5.74) is 0. The molecule has 1 heterocycles. The first kappa shape index (κ1) is 14.0. The van der Waals surface area contributed by atoms with Crippen LogP contribution in [0, 0.1) is 5.92 Å². The van der Waals surface area contributed by atoms with Crippen LogP contribution in [0.5, 0.6) is 0 Å². The highest BCUT2D eigenvalue weighted by atomic mass is 16.4. The molecule has 5 heteroatoms. The van der Waals surface area contributed by atoms with Crippen LogP contribution in [0.15, 0.2) is 0 Å². The molecule has 0 aromatic rings. The summed E-state index contributed by atoms with van der Waals surface area (Å²) in [6.45, 7) is 2.42. The Morgan fingerprint density at radius 3 is 2.76 bits per heavy atom. The number of aliphatic carboxylic acids is 1. The van der Waals surface area contributed by atoms with E-state index in [0.29, 0.717) is 13.0 Å². The van der Waals surface area contributed by atoms with E-state index in [1.807, 2.05) is 7.05 Å². The number of carboxylic acid groups (broad SMARTS) is 1. The number of carboxylic acids is 1. The molecule has 0 aliphatic carbocycles. The van der Waals surface area contributed by atoms with Gasteiger partial charge >= 0.3 is 5.97 Å². The van der Waals surface area contributed by atoms with Crippen LogP contribution < -0.4 is 0 Å². The Hall–Kier alpha value is -1.10. The zero-order valence-electron chi connectivity index (χ0n) is 10.7. The molecule has 0 aromatic carbocycles. The molecule has 1 N–H and O–H groups in total. The highest BCUT2D eigenvalue weighted by Gasteiger charge is 2.26. The van der Waals surface area contributed by atoms with E-state index in [0.717, 1.165) is 25.9 Å². The number of hydrogen-bond acceptors (Lipinski definition) is 3. The van der Waals surface area contributed by atoms with Crippen LogP contribution in [0.3, 0.4) is 0 Å². The number of amides is 1. The number of likely N-dealkylation sites (tertiary alicyclic amines) is 1. The van der Waals surface area contributed by atoms with Gasteiger partial charge in [-0.25, -0.2) is 0 Å². The molecule has 98 valence electrons. The molecule has 0 spiro atoms. The van der Waals surface area contributed by atoms with Gasteiger partial charge < -0.3 is 14.9 Å². The van der Waals surface area contributed by atoms with Crippen LogP contribution in [-0.4, -0.2) is 60.5 Å². The van der Waals surface area contributed by atoms with Crippen molar-refractivity contribution in [1.82, 2.24) is 9.80 Å². The summed E-state index contributed by atoms with van der Waals surface area (Å²) in [5.74, 6) is -0.561. The minimum absolute atomic E-state index is 0.0866. The Morgan fingerprint density at radius 2 is 2.18 bits per heavy atom. The van der Waals surface area contributed by atoms with E-state index in [9.17, 15) is 9.59 Å². The Balaban J connectivity index is 2.32. The standard InChI is InChI=1S/C12H22N2O3/c1-13-7-3-5-10(9-13)12(17)14(2)8-4-6-11(15)16/h10H,3-9H2,1-2H3,(H,15,16). The van der Waals surface area contributed by atoms with Gasteiger partial charge in [0.1, 0.15) is 0 Å². The first-order valence-corrected chi connectivity index (χ1v) is 6.16. The van der Waals surface area contributed by atoms with Crippen LogP contribution in [0.4, 0.5) is 0 Å². The van der Waals surface area contributed by atoms with Gasteiger partial charge in [-0.05, 0) is 32.9 Å². The van der Waals surface area contributed by atoms with Crippen LogP contribution in [0.2, 0.25) is 0 Å². The fourth-order valence-corrected chi connectivity index (χ4v) is 2.26.